The lowest BCUT2D eigenvalue weighted by Crippen LogP contribution is -2.35. The van der Waals surface area contributed by atoms with Crippen molar-refractivity contribution in [3.8, 4) is 0 Å². The quantitative estimate of drug-likeness (QED) is 0.615. The Morgan fingerprint density at radius 3 is 2.74 bits per heavy atom. The third kappa shape index (κ3) is 3.44. The number of rotatable bonds is 3. The molecule has 0 heterocycles. The van der Waals surface area contributed by atoms with Crippen LogP contribution < -0.4 is 0 Å². The van der Waals surface area contributed by atoms with Crippen molar-refractivity contribution < 1.29 is 4.39 Å². The Labute approximate surface area is 125 Å². The molecule has 106 valence electrons. The van der Waals surface area contributed by atoms with Crippen LogP contribution in [-0.4, -0.2) is 5.38 Å². The van der Waals surface area contributed by atoms with E-state index in [0.29, 0.717) is 22.9 Å². The third-order valence-corrected chi connectivity index (χ3v) is 5.30. The highest BCUT2D eigenvalue weighted by Gasteiger charge is 2.37. The van der Waals surface area contributed by atoms with Crippen LogP contribution in [0, 0.1) is 17.2 Å². The Balaban J connectivity index is 2.14. The van der Waals surface area contributed by atoms with Crippen molar-refractivity contribution in [3.63, 3.8) is 0 Å². The second kappa shape index (κ2) is 6.01. The zero-order valence-electron chi connectivity index (χ0n) is 11.6. The zero-order chi connectivity index (χ0) is 14.0. The van der Waals surface area contributed by atoms with Crippen LogP contribution in [0.2, 0.25) is 5.02 Å². The van der Waals surface area contributed by atoms with Gasteiger partial charge in [0, 0.05) is 16.0 Å². The number of hydrogen-bond acceptors (Lipinski definition) is 0. The average molecular weight is 303 g/mol. The lowest BCUT2D eigenvalue weighted by atomic mass is 9.67. The van der Waals surface area contributed by atoms with Gasteiger partial charge in [-0.2, -0.15) is 0 Å². The van der Waals surface area contributed by atoms with E-state index in [4.69, 9.17) is 23.2 Å². The highest BCUT2D eigenvalue weighted by molar-refractivity contribution is 6.31. The molecule has 2 atom stereocenters. The van der Waals surface area contributed by atoms with Crippen molar-refractivity contribution in [2.24, 2.45) is 11.3 Å². The van der Waals surface area contributed by atoms with Crippen LogP contribution in [0.15, 0.2) is 18.2 Å². The van der Waals surface area contributed by atoms with Gasteiger partial charge in [0.2, 0.25) is 0 Å². The molecule has 1 fully saturated rings. The Bertz CT molecular complexity index is 422. The van der Waals surface area contributed by atoms with E-state index in [0.717, 1.165) is 6.42 Å². The Morgan fingerprint density at radius 1 is 1.37 bits per heavy atom. The molecule has 0 radical (unpaired) electrons. The minimum Gasteiger partial charge on any atom is -0.207 e. The number of alkyl halides is 1. The fraction of sp³-hybridized carbons (Fsp3) is 0.625. The summed E-state index contributed by atoms with van der Waals surface area (Å²) in [5, 5.41) is 0.434. The molecule has 0 saturated heterocycles. The van der Waals surface area contributed by atoms with Crippen LogP contribution in [0.25, 0.3) is 0 Å². The predicted molar refractivity (Wildman–Crippen MR) is 80.5 cm³/mol. The molecule has 1 aromatic rings. The van der Waals surface area contributed by atoms with Crippen molar-refractivity contribution >= 4 is 23.2 Å². The molecule has 1 aliphatic rings. The highest BCUT2D eigenvalue weighted by atomic mass is 35.5. The zero-order valence-corrected chi connectivity index (χ0v) is 13.1. The summed E-state index contributed by atoms with van der Waals surface area (Å²) in [6.45, 7) is 4.55. The molecule has 3 heteroatoms. The first-order chi connectivity index (χ1) is 8.92. The molecule has 0 aliphatic heterocycles. The van der Waals surface area contributed by atoms with Gasteiger partial charge in [-0.15, -0.1) is 11.6 Å². The van der Waals surface area contributed by atoms with Crippen LogP contribution in [0.1, 0.15) is 45.1 Å². The van der Waals surface area contributed by atoms with Crippen molar-refractivity contribution in [1.29, 1.82) is 0 Å². The predicted octanol–water partition coefficient (Wildman–Crippen LogP) is 5.85. The Morgan fingerprint density at radius 2 is 2.11 bits per heavy atom. The molecular formula is C16H21Cl2F. The van der Waals surface area contributed by atoms with Gasteiger partial charge in [-0.05, 0) is 42.7 Å². The topological polar surface area (TPSA) is 0 Å². The summed E-state index contributed by atoms with van der Waals surface area (Å²) >= 11 is 12.7. The van der Waals surface area contributed by atoms with Gasteiger partial charge < -0.3 is 0 Å². The summed E-state index contributed by atoms with van der Waals surface area (Å²) < 4.78 is 13.8. The molecule has 2 unspecified atom stereocenters. The molecule has 0 N–H and O–H groups in total. The molecule has 1 aromatic carbocycles. The number of halogens is 3. The van der Waals surface area contributed by atoms with Gasteiger partial charge in [-0.3, -0.25) is 0 Å². The van der Waals surface area contributed by atoms with Crippen molar-refractivity contribution in [1.82, 2.24) is 0 Å². The SMILES string of the molecule is CC1(C)CCCCC1C(Cl)Cc1c(F)cccc1Cl. The summed E-state index contributed by atoms with van der Waals surface area (Å²) in [5.41, 5.74) is 0.799. The van der Waals surface area contributed by atoms with Gasteiger partial charge in [0.15, 0.2) is 0 Å². The van der Waals surface area contributed by atoms with Gasteiger partial charge in [-0.1, -0.05) is 44.4 Å². The number of benzene rings is 1. The lowest BCUT2D eigenvalue weighted by molar-refractivity contribution is 0.132. The first-order valence-corrected chi connectivity index (χ1v) is 7.80. The molecule has 0 spiro atoms. The van der Waals surface area contributed by atoms with E-state index in [1.165, 1.54) is 25.3 Å². The van der Waals surface area contributed by atoms with Crippen molar-refractivity contribution in [3.05, 3.63) is 34.6 Å². The molecule has 0 nitrogen and oxygen atoms in total. The van der Waals surface area contributed by atoms with Gasteiger partial charge in [0.25, 0.3) is 0 Å². The maximum absolute atomic E-state index is 13.8. The highest BCUT2D eigenvalue weighted by Crippen LogP contribution is 2.44. The molecular weight excluding hydrogens is 282 g/mol. The molecule has 19 heavy (non-hydrogen) atoms. The van der Waals surface area contributed by atoms with Gasteiger partial charge in [0.05, 0.1) is 0 Å². The molecule has 1 saturated carbocycles. The molecule has 0 bridgehead atoms. The normalized spacial score (nSPS) is 24.2. The molecule has 1 aliphatic carbocycles. The standard InChI is InChI=1S/C16H21Cl2F/c1-16(2)9-4-3-6-12(16)14(18)10-11-13(17)7-5-8-15(11)19/h5,7-8,12,14H,3-4,6,9-10H2,1-2H3. The van der Waals surface area contributed by atoms with E-state index in [9.17, 15) is 4.39 Å². The summed E-state index contributed by atoms with van der Waals surface area (Å²) in [5.74, 6) is 0.186. The maximum Gasteiger partial charge on any atom is 0.127 e. The fourth-order valence-corrected chi connectivity index (χ4v) is 4.12. The van der Waals surface area contributed by atoms with Gasteiger partial charge in [0.1, 0.15) is 5.82 Å². The first-order valence-electron chi connectivity index (χ1n) is 6.99. The maximum atomic E-state index is 13.8. The summed E-state index contributed by atoms with van der Waals surface area (Å²) in [6.07, 6.45) is 5.34. The summed E-state index contributed by atoms with van der Waals surface area (Å²) in [6, 6.07) is 4.82. The van der Waals surface area contributed by atoms with E-state index in [1.807, 2.05) is 0 Å². The molecule has 2 rings (SSSR count). The minimum atomic E-state index is -0.244. The van der Waals surface area contributed by atoms with Crippen molar-refractivity contribution in [2.45, 2.75) is 51.3 Å². The van der Waals surface area contributed by atoms with Crippen LogP contribution in [-0.2, 0) is 6.42 Å². The third-order valence-electron chi connectivity index (χ3n) is 4.49. The smallest absolute Gasteiger partial charge is 0.127 e. The van der Waals surface area contributed by atoms with Crippen LogP contribution >= 0.6 is 23.2 Å². The van der Waals surface area contributed by atoms with E-state index in [2.05, 4.69) is 13.8 Å². The largest absolute Gasteiger partial charge is 0.207 e. The lowest BCUT2D eigenvalue weighted by Gasteiger charge is -2.41. The van der Waals surface area contributed by atoms with Crippen molar-refractivity contribution in [2.75, 3.05) is 0 Å². The Kier molecular flexibility index (Phi) is 4.79. The average Bonchev–Trinajstić information content (AvgIpc) is 2.33. The van der Waals surface area contributed by atoms with E-state index < -0.39 is 0 Å². The monoisotopic (exact) mass is 302 g/mol. The Hall–Kier alpha value is -0.270. The minimum absolute atomic E-state index is 0.0512. The van der Waals surface area contributed by atoms with Gasteiger partial charge in [-0.25, -0.2) is 4.39 Å². The van der Waals surface area contributed by atoms with Gasteiger partial charge >= 0.3 is 0 Å². The van der Waals surface area contributed by atoms with Crippen LogP contribution in [0.5, 0.6) is 0 Å². The fourth-order valence-electron chi connectivity index (χ4n) is 3.26. The number of hydrogen-bond donors (Lipinski definition) is 0. The molecule has 0 amide bonds. The summed E-state index contributed by atoms with van der Waals surface area (Å²) in [7, 11) is 0. The van der Waals surface area contributed by atoms with Crippen LogP contribution in [0.4, 0.5) is 4.39 Å². The molecule has 0 aromatic heterocycles. The van der Waals surface area contributed by atoms with E-state index >= 15 is 0 Å². The van der Waals surface area contributed by atoms with E-state index in [1.54, 1.807) is 12.1 Å². The van der Waals surface area contributed by atoms with Crippen LogP contribution in [0.3, 0.4) is 0 Å². The van der Waals surface area contributed by atoms with E-state index in [-0.39, 0.29) is 16.6 Å². The summed E-state index contributed by atoms with van der Waals surface area (Å²) in [4.78, 5) is 0. The first kappa shape index (κ1) is 15.1. The second-order valence-electron chi connectivity index (χ2n) is 6.26. The second-order valence-corrected chi connectivity index (χ2v) is 7.23.